The van der Waals surface area contributed by atoms with Crippen LogP contribution < -0.4 is 5.32 Å². The molecule has 0 unspecified atom stereocenters. The number of nitrogens with one attached hydrogen (secondary N) is 1. The first-order valence-electron chi connectivity index (χ1n) is 6.10. The van der Waals surface area contributed by atoms with Crippen molar-refractivity contribution in [3.8, 4) is 11.5 Å². The number of hydrogen-bond donors (Lipinski definition) is 1. The summed E-state index contributed by atoms with van der Waals surface area (Å²) in [6.07, 6.45) is 4.05. The lowest BCUT2D eigenvalue weighted by Crippen LogP contribution is -2.25. The fourth-order valence-corrected chi connectivity index (χ4v) is 1.88. The van der Waals surface area contributed by atoms with Crippen LogP contribution in [0.15, 0.2) is 28.9 Å². The average molecular weight is 245 g/mol. The van der Waals surface area contributed by atoms with E-state index in [1.54, 1.807) is 24.1 Å². The van der Waals surface area contributed by atoms with E-state index in [1.165, 1.54) is 12.8 Å². The molecule has 18 heavy (non-hydrogen) atoms. The van der Waals surface area contributed by atoms with Crippen LogP contribution in [-0.4, -0.2) is 22.2 Å². The highest BCUT2D eigenvalue weighted by molar-refractivity contribution is 5.93. The van der Waals surface area contributed by atoms with Crippen LogP contribution >= 0.6 is 0 Å². The highest BCUT2D eigenvalue weighted by Crippen LogP contribution is 2.27. The van der Waals surface area contributed by atoms with Gasteiger partial charge in [-0.05, 0) is 30.9 Å². The first-order chi connectivity index (χ1) is 8.74. The summed E-state index contributed by atoms with van der Waals surface area (Å²) in [5.74, 6) is 1.27. The predicted molar refractivity (Wildman–Crippen MR) is 66.0 cm³/mol. The van der Waals surface area contributed by atoms with Crippen LogP contribution in [0.5, 0.6) is 0 Å². The van der Waals surface area contributed by atoms with Crippen molar-refractivity contribution in [1.82, 2.24) is 15.1 Å². The van der Waals surface area contributed by atoms with Gasteiger partial charge in [-0.1, -0.05) is 0 Å². The van der Waals surface area contributed by atoms with Gasteiger partial charge in [0.2, 0.25) is 0 Å². The van der Waals surface area contributed by atoms with E-state index in [1.807, 2.05) is 12.1 Å². The zero-order chi connectivity index (χ0) is 12.5. The standard InChI is InChI=1S/C13H15N3O2/c1-16-11(12-3-2-6-18-12)7-10(15-16)13(17)14-8-9-4-5-9/h2-3,6-7,9H,4-5,8H2,1H3,(H,14,17). The Morgan fingerprint density at radius 1 is 1.61 bits per heavy atom. The molecule has 2 aromatic rings. The second-order valence-corrected chi connectivity index (χ2v) is 4.67. The maximum atomic E-state index is 11.9. The molecule has 3 rings (SSSR count). The lowest BCUT2D eigenvalue weighted by atomic mass is 10.3. The number of amides is 1. The van der Waals surface area contributed by atoms with E-state index in [4.69, 9.17) is 4.42 Å². The summed E-state index contributed by atoms with van der Waals surface area (Å²) in [4.78, 5) is 11.9. The molecule has 2 aromatic heterocycles. The maximum Gasteiger partial charge on any atom is 0.271 e. The number of aromatic nitrogens is 2. The van der Waals surface area contributed by atoms with Crippen molar-refractivity contribution >= 4 is 5.91 Å². The van der Waals surface area contributed by atoms with Crippen molar-refractivity contribution in [1.29, 1.82) is 0 Å². The van der Waals surface area contributed by atoms with E-state index in [0.29, 0.717) is 17.4 Å². The first-order valence-corrected chi connectivity index (χ1v) is 6.10. The Morgan fingerprint density at radius 2 is 2.44 bits per heavy atom. The summed E-state index contributed by atoms with van der Waals surface area (Å²) in [7, 11) is 1.80. The summed E-state index contributed by atoms with van der Waals surface area (Å²) in [5, 5.41) is 7.11. The van der Waals surface area contributed by atoms with Crippen molar-refractivity contribution in [2.24, 2.45) is 13.0 Å². The molecule has 0 aromatic carbocycles. The Hall–Kier alpha value is -2.04. The lowest BCUT2D eigenvalue weighted by Gasteiger charge is -1.99. The van der Waals surface area contributed by atoms with Crippen molar-refractivity contribution in [3.63, 3.8) is 0 Å². The second kappa shape index (κ2) is 4.33. The SMILES string of the molecule is Cn1nc(C(=O)NCC2CC2)cc1-c1ccco1. The Kier molecular flexibility index (Phi) is 2.66. The minimum Gasteiger partial charge on any atom is -0.463 e. The van der Waals surface area contributed by atoms with Gasteiger partial charge in [0.15, 0.2) is 11.5 Å². The van der Waals surface area contributed by atoms with Crippen molar-refractivity contribution in [2.75, 3.05) is 6.54 Å². The third-order valence-corrected chi connectivity index (χ3v) is 3.13. The summed E-state index contributed by atoms with van der Waals surface area (Å²) in [5.41, 5.74) is 1.24. The minimum atomic E-state index is -0.115. The maximum absolute atomic E-state index is 11.9. The smallest absolute Gasteiger partial charge is 0.271 e. The molecule has 5 heteroatoms. The molecule has 1 aliphatic carbocycles. The second-order valence-electron chi connectivity index (χ2n) is 4.67. The van der Waals surface area contributed by atoms with Gasteiger partial charge < -0.3 is 9.73 Å². The third-order valence-electron chi connectivity index (χ3n) is 3.13. The lowest BCUT2D eigenvalue weighted by molar-refractivity contribution is 0.0946. The van der Waals surface area contributed by atoms with E-state index in [9.17, 15) is 4.79 Å². The van der Waals surface area contributed by atoms with Gasteiger partial charge in [0, 0.05) is 19.7 Å². The van der Waals surface area contributed by atoms with Gasteiger partial charge in [0.1, 0.15) is 5.69 Å². The molecule has 1 aliphatic rings. The van der Waals surface area contributed by atoms with Crippen molar-refractivity contribution in [3.05, 3.63) is 30.2 Å². The molecular weight excluding hydrogens is 230 g/mol. The molecule has 1 amide bonds. The molecule has 1 saturated carbocycles. The van der Waals surface area contributed by atoms with Gasteiger partial charge in [0.25, 0.3) is 5.91 Å². The Bertz CT molecular complexity index is 553. The molecule has 94 valence electrons. The number of aryl methyl sites for hydroxylation is 1. The average Bonchev–Trinajstić information content (AvgIpc) is 2.87. The monoisotopic (exact) mass is 245 g/mol. The molecule has 0 saturated heterocycles. The van der Waals surface area contributed by atoms with Crippen LogP contribution in [-0.2, 0) is 7.05 Å². The number of furan rings is 1. The van der Waals surface area contributed by atoms with E-state index in [0.717, 1.165) is 12.2 Å². The molecule has 2 heterocycles. The van der Waals surface area contributed by atoms with Crippen LogP contribution in [0.2, 0.25) is 0 Å². The van der Waals surface area contributed by atoms with E-state index in [2.05, 4.69) is 10.4 Å². The van der Waals surface area contributed by atoms with Gasteiger partial charge in [0.05, 0.1) is 6.26 Å². The largest absolute Gasteiger partial charge is 0.463 e. The highest BCUT2D eigenvalue weighted by atomic mass is 16.3. The number of carbonyl (C=O) groups excluding carboxylic acids is 1. The summed E-state index contributed by atoms with van der Waals surface area (Å²) in [6.45, 7) is 0.755. The van der Waals surface area contributed by atoms with Crippen molar-refractivity contribution in [2.45, 2.75) is 12.8 Å². The normalized spacial score (nSPS) is 14.7. The molecular formula is C13H15N3O2. The number of rotatable bonds is 4. The van der Waals surface area contributed by atoms with Crippen LogP contribution in [0.3, 0.4) is 0 Å². The highest BCUT2D eigenvalue weighted by Gasteiger charge is 2.23. The molecule has 0 atom stereocenters. The summed E-state index contributed by atoms with van der Waals surface area (Å²) in [6, 6.07) is 5.42. The van der Waals surface area contributed by atoms with Crippen LogP contribution in [0, 0.1) is 5.92 Å². The molecule has 1 fully saturated rings. The van der Waals surface area contributed by atoms with Gasteiger partial charge in [-0.2, -0.15) is 5.10 Å². The molecule has 1 N–H and O–H groups in total. The quantitative estimate of drug-likeness (QED) is 0.893. The minimum absolute atomic E-state index is 0.115. The first kappa shape index (κ1) is 11.1. The van der Waals surface area contributed by atoms with Gasteiger partial charge in [-0.25, -0.2) is 0 Å². The van der Waals surface area contributed by atoms with Crippen LogP contribution in [0.4, 0.5) is 0 Å². The molecule has 0 spiro atoms. The Morgan fingerprint density at radius 3 is 3.11 bits per heavy atom. The van der Waals surface area contributed by atoms with E-state index in [-0.39, 0.29) is 5.91 Å². The van der Waals surface area contributed by atoms with Crippen LogP contribution in [0.25, 0.3) is 11.5 Å². The summed E-state index contributed by atoms with van der Waals surface area (Å²) >= 11 is 0. The van der Waals surface area contributed by atoms with Gasteiger partial charge in [-0.3, -0.25) is 9.48 Å². The molecule has 0 bridgehead atoms. The number of carbonyl (C=O) groups is 1. The Labute approximate surface area is 105 Å². The predicted octanol–water partition coefficient (Wildman–Crippen LogP) is 1.82. The van der Waals surface area contributed by atoms with Crippen LogP contribution in [0.1, 0.15) is 23.3 Å². The third kappa shape index (κ3) is 2.16. The summed E-state index contributed by atoms with van der Waals surface area (Å²) < 4.78 is 6.97. The topological polar surface area (TPSA) is 60.1 Å². The zero-order valence-electron chi connectivity index (χ0n) is 10.2. The zero-order valence-corrected chi connectivity index (χ0v) is 10.2. The van der Waals surface area contributed by atoms with E-state index < -0.39 is 0 Å². The molecule has 0 radical (unpaired) electrons. The number of hydrogen-bond acceptors (Lipinski definition) is 3. The Balaban J connectivity index is 1.76. The van der Waals surface area contributed by atoms with Gasteiger partial charge in [-0.15, -0.1) is 0 Å². The fraction of sp³-hybridized carbons (Fsp3) is 0.385. The van der Waals surface area contributed by atoms with E-state index >= 15 is 0 Å². The molecule has 5 nitrogen and oxygen atoms in total. The number of nitrogens with zero attached hydrogens (tertiary/aromatic N) is 2. The van der Waals surface area contributed by atoms with Crippen molar-refractivity contribution < 1.29 is 9.21 Å². The fourth-order valence-electron chi connectivity index (χ4n) is 1.88. The molecule has 0 aliphatic heterocycles. The van der Waals surface area contributed by atoms with Gasteiger partial charge >= 0.3 is 0 Å².